The summed E-state index contributed by atoms with van der Waals surface area (Å²) in [6, 6.07) is 8.05. The summed E-state index contributed by atoms with van der Waals surface area (Å²) >= 11 is 0. The first kappa shape index (κ1) is 8.89. The van der Waals surface area contributed by atoms with Gasteiger partial charge in [0.15, 0.2) is 9.84 Å². The topological polar surface area (TPSA) is 75.7 Å². The molecule has 0 fully saturated rings. The lowest BCUT2D eigenvalue weighted by Crippen LogP contribution is -2.02. The Kier molecular flexibility index (Phi) is 2.05. The van der Waals surface area contributed by atoms with Gasteiger partial charge in [0, 0.05) is 0 Å². The molecule has 0 spiro atoms. The zero-order valence-electron chi connectivity index (χ0n) is 7.01. The van der Waals surface area contributed by atoms with Crippen LogP contribution in [0.15, 0.2) is 40.3 Å². The maximum Gasteiger partial charge on any atom is 0.191 e. The number of nitrogens with one attached hydrogen (secondary N) is 1. The van der Waals surface area contributed by atoms with Crippen LogP contribution < -0.4 is 0 Å². The normalized spacial score (nSPS) is 11.4. The molecule has 1 aromatic heterocycles. The molecule has 6 heteroatoms. The molecule has 0 saturated heterocycles. The van der Waals surface area contributed by atoms with Gasteiger partial charge in [0.2, 0.25) is 0 Å². The van der Waals surface area contributed by atoms with Gasteiger partial charge in [0.05, 0.1) is 4.90 Å². The van der Waals surface area contributed by atoms with Crippen molar-refractivity contribution in [1.82, 2.24) is 15.4 Å². The minimum absolute atomic E-state index is 0.122. The zero-order chi connectivity index (χ0) is 10.0. The molecule has 14 heavy (non-hydrogen) atoms. The van der Waals surface area contributed by atoms with E-state index in [2.05, 4.69) is 21.6 Å². The molecular formula is C8H6N3O2S-. The van der Waals surface area contributed by atoms with Crippen molar-refractivity contribution in [3.8, 4) is 0 Å². The van der Waals surface area contributed by atoms with Gasteiger partial charge in [-0.05, 0) is 17.2 Å². The molecule has 0 radical (unpaired) electrons. The van der Waals surface area contributed by atoms with Gasteiger partial charge in [-0.15, -0.1) is 5.21 Å². The molecule has 0 amide bonds. The van der Waals surface area contributed by atoms with Crippen molar-refractivity contribution >= 4 is 9.84 Å². The average Bonchev–Trinajstić information content (AvgIpc) is 2.72. The predicted molar refractivity (Wildman–Crippen MR) is 47.1 cm³/mol. The van der Waals surface area contributed by atoms with E-state index in [0.29, 0.717) is 0 Å². The van der Waals surface area contributed by atoms with E-state index in [9.17, 15) is 8.42 Å². The third-order valence-corrected chi connectivity index (χ3v) is 3.29. The Hall–Kier alpha value is -1.69. The molecule has 0 aliphatic carbocycles. The van der Waals surface area contributed by atoms with Crippen LogP contribution in [-0.2, 0) is 9.84 Å². The highest BCUT2D eigenvalue weighted by molar-refractivity contribution is 7.91. The Morgan fingerprint density at radius 3 is 2.50 bits per heavy atom. The quantitative estimate of drug-likeness (QED) is 0.726. The molecule has 0 saturated carbocycles. The van der Waals surface area contributed by atoms with Crippen LogP contribution in [0.3, 0.4) is 0 Å². The average molecular weight is 208 g/mol. The Morgan fingerprint density at radius 1 is 1.21 bits per heavy atom. The zero-order valence-corrected chi connectivity index (χ0v) is 7.82. The first-order valence-electron chi connectivity index (χ1n) is 3.80. The van der Waals surface area contributed by atoms with E-state index >= 15 is 0 Å². The number of benzene rings is 1. The molecule has 0 unspecified atom stereocenters. The molecule has 2 rings (SSSR count). The van der Waals surface area contributed by atoms with Crippen LogP contribution in [0.4, 0.5) is 0 Å². The number of rotatable bonds is 2. The van der Waals surface area contributed by atoms with Gasteiger partial charge >= 0.3 is 0 Å². The number of sulfone groups is 1. The van der Waals surface area contributed by atoms with Crippen molar-refractivity contribution in [3.63, 3.8) is 0 Å². The maximum absolute atomic E-state index is 11.8. The number of aromatic nitrogens is 3. The van der Waals surface area contributed by atoms with E-state index in [-0.39, 0.29) is 9.92 Å². The van der Waals surface area contributed by atoms with Crippen molar-refractivity contribution in [1.29, 1.82) is 0 Å². The van der Waals surface area contributed by atoms with Gasteiger partial charge in [0.25, 0.3) is 0 Å². The van der Waals surface area contributed by atoms with Gasteiger partial charge in [-0.1, -0.05) is 18.2 Å². The fourth-order valence-electron chi connectivity index (χ4n) is 1.00. The van der Waals surface area contributed by atoms with Crippen LogP contribution >= 0.6 is 0 Å². The highest BCUT2D eigenvalue weighted by atomic mass is 32.2. The SMILES string of the molecule is O=S(=O)(c1ccccc1)c1[c-]nn[nH]1. The summed E-state index contributed by atoms with van der Waals surface area (Å²) in [7, 11) is -3.53. The number of hydrogen-bond donors (Lipinski definition) is 1. The van der Waals surface area contributed by atoms with Crippen LogP contribution in [0.5, 0.6) is 0 Å². The van der Waals surface area contributed by atoms with Gasteiger partial charge in [0.1, 0.15) is 0 Å². The first-order valence-corrected chi connectivity index (χ1v) is 5.28. The summed E-state index contributed by atoms with van der Waals surface area (Å²) in [6.07, 6.45) is 2.27. The van der Waals surface area contributed by atoms with Crippen molar-refractivity contribution in [2.45, 2.75) is 9.92 Å². The smallest absolute Gasteiger partial charge is 0.191 e. The van der Waals surface area contributed by atoms with E-state index < -0.39 is 9.84 Å². The minimum atomic E-state index is -3.53. The van der Waals surface area contributed by atoms with Gasteiger partial charge in [-0.2, -0.15) is 0 Å². The van der Waals surface area contributed by atoms with Gasteiger partial charge < -0.3 is 11.3 Å². The Bertz CT molecular complexity index is 505. The second kappa shape index (κ2) is 3.22. The lowest BCUT2D eigenvalue weighted by atomic mass is 10.4. The first-order chi connectivity index (χ1) is 6.71. The van der Waals surface area contributed by atoms with E-state index in [4.69, 9.17) is 0 Å². The largest absolute Gasteiger partial charge is 0.351 e. The molecule has 0 aliphatic heterocycles. The predicted octanol–water partition coefficient (Wildman–Crippen LogP) is 0.438. The lowest BCUT2D eigenvalue weighted by Gasteiger charge is -2.04. The summed E-state index contributed by atoms with van der Waals surface area (Å²) in [5.41, 5.74) is 0. The highest BCUT2D eigenvalue weighted by Crippen LogP contribution is 2.16. The molecule has 1 aromatic carbocycles. The van der Waals surface area contributed by atoms with Crippen molar-refractivity contribution < 1.29 is 8.42 Å². The summed E-state index contributed by atoms with van der Waals surface area (Å²) in [5, 5.41) is 8.76. The summed E-state index contributed by atoms with van der Waals surface area (Å²) in [6.45, 7) is 0. The minimum Gasteiger partial charge on any atom is -0.351 e. The van der Waals surface area contributed by atoms with Gasteiger partial charge in [-0.3, -0.25) is 5.10 Å². The van der Waals surface area contributed by atoms with Crippen LogP contribution in [0.2, 0.25) is 0 Å². The molecule has 0 aliphatic rings. The van der Waals surface area contributed by atoms with E-state index in [1.165, 1.54) is 12.1 Å². The Balaban J connectivity index is 2.55. The maximum atomic E-state index is 11.8. The van der Waals surface area contributed by atoms with E-state index in [1.54, 1.807) is 18.2 Å². The monoisotopic (exact) mass is 208 g/mol. The summed E-state index contributed by atoms with van der Waals surface area (Å²) in [4.78, 5) is 0.197. The number of aromatic amines is 1. The van der Waals surface area contributed by atoms with Crippen molar-refractivity contribution in [3.05, 3.63) is 36.5 Å². The second-order valence-corrected chi connectivity index (χ2v) is 4.46. The second-order valence-electron chi connectivity index (χ2n) is 2.57. The highest BCUT2D eigenvalue weighted by Gasteiger charge is 2.11. The fourth-order valence-corrected chi connectivity index (χ4v) is 2.08. The number of H-pyrrole nitrogens is 1. The third kappa shape index (κ3) is 1.39. The molecule has 1 heterocycles. The third-order valence-electron chi connectivity index (χ3n) is 1.68. The standard InChI is InChI=1S/C8H6N3O2S/c12-14(13,8-6-9-11-10-8)7-4-2-1-3-5-7/h1-5H,(H,9,10,11)/q-1. The molecule has 0 bridgehead atoms. The molecule has 2 aromatic rings. The molecule has 5 nitrogen and oxygen atoms in total. The summed E-state index contributed by atoms with van der Waals surface area (Å²) in [5.74, 6) is 0. The molecule has 72 valence electrons. The molecule has 0 atom stereocenters. The van der Waals surface area contributed by atoms with E-state index in [1.807, 2.05) is 0 Å². The Labute approximate surface area is 80.7 Å². The number of hydrogen-bond acceptors (Lipinski definition) is 4. The Morgan fingerprint density at radius 2 is 1.93 bits per heavy atom. The van der Waals surface area contributed by atoms with Crippen LogP contribution in [-0.4, -0.2) is 23.8 Å². The fraction of sp³-hybridized carbons (Fsp3) is 0. The van der Waals surface area contributed by atoms with Crippen LogP contribution in [0.1, 0.15) is 0 Å². The van der Waals surface area contributed by atoms with Crippen molar-refractivity contribution in [2.24, 2.45) is 0 Å². The van der Waals surface area contributed by atoms with E-state index in [0.717, 1.165) is 0 Å². The van der Waals surface area contributed by atoms with Crippen LogP contribution in [0, 0.1) is 6.20 Å². The van der Waals surface area contributed by atoms with Gasteiger partial charge in [-0.25, -0.2) is 8.42 Å². The van der Waals surface area contributed by atoms with Crippen molar-refractivity contribution in [2.75, 3.05) is 0 Å². The summed E-state index contributed by atoms with van der Waals surface area (Å²) < 4.78 is 23.5. The molecule has 1 N–H and O–H groups in total. The molecular weight excluding hydrogens is 202 g/mol. The van der Waals surface area contributed by atoms with Crippen LogP contribution in [0.25, 0.3) is 0 Å². The number of nitrogens with zero attached hydrogens (tertiary/aromatic N) is 2. The lowest BCUT2D eigenvalue weighted by molar-refractivity contribution is 0.591.